The van der Waals surface area contributed by atoms with Gasteiger partial charge in [-0.2, -0.15) is 0 Å². The fourth-order valence-corrected chi connectivity index (χ4v) is 3.22. The van der Waals surface area contributed by atoms with Crippen LogP contribution in [0, 0.1) is 5.82 Å². The number of aromatic nitrogens is 4. The van der Waals surface area contributed by atoms with Crippen LogP contribution < -0.4 is 5.56 Å². The van der Waals surface area contributed by atoms with E-state index in [2.05, 4.69) is 15.0 Å². The summed E-state index contributed by atoms with van der Waals surface area (Å²) in [6.45, 7) is 4.37. The van der Waals surface area contributed by atoms with Crippen LogP contribution in [0.1, 0.15) is 30.9 Å². The monoisotopic (exact) mass is 370 g/mol. The SMILES string of the molecule is CC1(C)OCCn2c1nc(-c1ncc(Cc3ccc(F)cc3)[nH]1)c(O)c2=O. The third-order valence-electron chi connectivity index (χ3n) is 4.62. The third kappa shape index (κ3) is 3.12. The summed E-state index contributed by atoms with van der Waals surface area (Å²) in [4.78, 5) is 24.4. The molecule has 0 amide bonds. The zero-order valence-electron chi connectivity index (χ0n) is 15.0. The average Bonchev–Trinajstić information content (AvgIpc) is 3.08. The molecule has 3 heterocycles. The molecule has 1 aromatic carbocycles. The molecule has 1 aliphatic rings. The predicted molar refractivity (Wildman–Crippen MR) is 95.9 cm³/mol. The van der Waals surface area contributed by atoms with Gasteiger partial charge >= 0.3 is 0 Å². The van der Waals surface area contributed by atoms with E-state index in [0.29, 0.717) is 31.2 Å². The standard InChI is InChI=1S/C19H19FN4O3/c1-19(2)18-23-14(15(25)17(26)24(18)7-8-27-19)16-21-10-13(22-16)9-11-3-5-12(20)6-4-11/h3-6,10,25H,7-9H2,1-2H3,(H,21,22). The number of hydrogen-bond acceptors (Lipinski definition) is 5. The van der Waals surface area contributed by atoms with Crippen LogP contribution in [-0.2, 0) is 23.3 Å². The fraction of sp³-hybridized carbons (Fsp3) is 0.316. The van der Waals surface area contributed by atoms with E-state index in [0.717, 1.165) is 11.3 Å². The van der Waals surface area contributed by atoms with Crippen molar-refractivity contribution in [1.29, 1.82) is 0 Å². The van der Waals surface area contributed by atoms with Crippen molar-refractivity contribution in [2.75, 3.05) is 6.61 Å². The first-order valence-electron chi connectivity index (χ1n) is 8.62. The summed E-state index contributed by atoms with van der Waals surface area (Å²) < 4.78 is 20.2. The van der Waals surface area contributed by atoms with Gasteiger partial charge in [0, 0.05) is 18.3 Å². The molecule has 0 atom stereocenters. The van der Waals surface area contributed by atoms with E-state index in [4.69, 9.17) is 4.74 Å². The maximum absolute atomic E-state index is 13.0. The zero-order valence-corrected chi connectivity index (χ0v) is 15.0. The molecule has 4 rings (SSSR count). The summed E-state index contributed by atoms with van der Waals surface area (Å²) in [5, 5.41) is 10.4. The maximum Gasteiger partial charge on any atom is 0.296 e. The van der Waals surface area contributed by atoms with Gasteiger partial charge in [0.15, 0.2) is 11.5 Å². The van der Waals surface area contributed by atoms with E-state index in [1.54, 1.807) is 18.3 Å². The molecule has 0 radical (unpaired) electrons. The number of benzene rings is 1. The summed E-state index contributed by atoms with van der Waals surface area (Å²) in [5.41, 5.74) is 0.497. The number of aromatic hydroxyl groups is 1. The summed E-state index contributed by atoms with van der Waals surface area (Å²) >= 11 is 0. The normalized spacial score (nSPS) is 15.5. The molecule has 0 bridgehead atoms. The predicted octanol–water partition coefficient (Wildman–Crippen LogP) is 2.33. The molecular weight excluding hydrogens is 351 g/mol. The molecule has 2 N–H and O–H groups in total. The highest BCUT2D eigenvalue weighted by Gasteiger charge is 2.33. The van der Waals surface area contributed by atoms with Gasteiger partial charge in [-0.1, -0.05) is 12.1 Å². The van der Waals surface area contributed by atoms with Gasteiger partial charge < -0.3 is 14.8 Å². The molecule has 1 aliphatic heterocycles. The van der Waals surface area contributed by atoms with E-state index in [9.17, 15) is 14.3 Å². The highest BCUT2D eigenvalue weighted by Crippen LogP contribution is 2.30. The van der Waals surface area contributed by atoms with Crippen molar-refractivity contribution in [3.8, 4) is 17.3 Å². The van der Waals surface area contributed by atoms with Gasteiger partial charge in [0.25, 0.3) is 5.56 Å². The van der Waals surface area contributed by atoms with Crippen LogP contribution in [0.5, 0.6) is 5.75 Å². The van der Waals surface area contributed by atoms with Crippen LogP contribution in [0.15, 0.2) is 35.3 Å². The lowest BCUT2D eigenvalue weighted by molar-refractivity contribution is -0.0564. The number of aromatic amines is 1. The molecule has 0 spiro atoms. The van der Waals surface area contributed by atoms with Crippen LogP contribution >= 0.6 is 0 Å². The highest BCUT2D eigenvalue weighted by atomic mass is 19.1. The third-order valence-corrected chi connectivity index (χ3v) is 4.62. The summed E-state index contributed by atoms with van der Waals surface area (Å²) in [7, 11) is 0. The number of halogens is 1. The Morgan fingerprint density at radius 3 is 2.81 bits per heavy atom. The molecule has 8 heteroatoms. The zero-order chi connectivity index (χ0) is 19.2. The molecule has 3 aromatic rings. The van der Waals surface area contributed by atoms with Crippen LogP contribution in [-0.4, -0.2) is 31.2 Å². The Kier molecular flexibility index (Phi) is 4.07. The lowest BCUT2D eigenvalue weighted by Gasteiger charge is -2.32. The number of imidazole rings is 1. The molecule has 140 valence electrons. The number of rotatable bonds is 3. The van der Waals surface area contributed by atoms with Gasteiger partial charge in [-0.3, -0.25) is 9.36 Å². The van der Waals surface area contributed by atoms with E-state index in [1.807, 2.05) is 13.8 Å². The lowest BCUT2D eigenvalue weighted by Crippen LogP contribution is -2.41. The molecule has 0 aliphatic carbocycles. The Morgan fingerprint density at radius 1 is 1.33 bits per heavy atom. The summed E-state index contributed by atoms with van der Waals surface area (Å²) in [6.07, 6.45) is 2.12. The van der Waals surface area contributed by atoms with E-state index in [1.165, 1.54) is 16.7 Å². The lowest BCUT2D eigenvalue weighted by atomic mass is 10.1. The van der Waals surface area contributed by atoms with Gasteiger partial charge in [0.2, 0.25) is 5.75 Å². The summed E-state index contributed by atoms with van der Waals surface area (Å²) in [5.74, 6) is 0.00573. The van der Waals surface area contributed by atoms with E-state index < -0.39 is 16.9 Å². The van der Waals surface area contributed by atoms with Crippen molar-refractivity contribution >= 4 is 0 Å². The van der Waals surface area contributed by atoms with Gasteiger partial charge in [-0.05, 0) is 31.5 Å². The van der Waals surface area contributed by atoms with Gasteiger partial charge in [-0.15, -0.1) is 0 Å². The number of fused-ring (bicyclic) bond motifs is 1. The van der Waals surface area contributed by atoms with Crippen molar-refractivity contribution in [2.45, 2.75) is 32.4 Å². The number of nitrogens with zero attached hydrogens (tertiary/aromatic N) is 3. The van der Waals surface area contributed by atoms with Gasteiger partial charge in [0.1, 0.15) is 17.2 Å². The van der Waals surface area contributed by atoms with Crippen molar-refractivity contribution in [3.05, 3.63) is 63.7 Å². The first-order chi connectivity index (χ1) is 12.8. The van der Waals surface area contributed by atoms with Gasteiger partial charge in [-0.25, -0.2) is 14.4 Å². The second-order valence-corrected chi connectivity index (χ2v) is 7.01. The first kappa shape index (κ1) is 17.4. The smallest absolute Gasteiger partial charge is 0.296 e. The van der Waals surface area contributed by atoms with E-state index >= 15 is 0 Å². The van der Waals surface area contributed by atoms with E-state index in [-0.39, 0.29) is 11.5 Å². The number of nitrogens with one attached hydrogen (secondary N) is 1. The minimum atomic E-state index is -0.747. The first-order valence-corrected chi connectivity index (χ1v) is 8.62. The molecule has 0 saturated carbocycles. The molecule has 0 unspecified atom stereocenters. The van der Waals surface area contributed by atoms with Crippen molar-refractivity contribution in [3.63, 3.8) is 0 Å². The van der Waals surface area contributed by atoms with Crippen molar-refractivity contribution in [2.24, 2.45) is 0 Å². The van der Waals surface area contributed by atoms with Crippen LogP contribution in [0.4, 0.5) is 4.39 Å². The molecule has 0 saturated heterocycles. The Hall–Kier alpha value is -3.00. The second-order valence-electron chi connectivity index (χ2n) is 7.01. The van der Waals surface area contributed by atoms with Crippen molar-refractivity contribution in [1.82, 2.24) is 19.5 Å². The number of H-pyrrole nitrogens is 1. The Bertz CT molecular complexity index is 1050. The van der Waals surface area contributed by atoms with Gasteiger partial charge in [0.05, 0.1) is 13.2 Å². The molecule has 7 nitrogen and oxygen atoms in total. The molecular formula is C19H19FN4O3. The Balaban J connectivity index is 1.72. The number of hydrogen-bond donors (Lipinski definition) is 2. The Morgan fingerprint density at radius 2 is 2.07 bits per heavy atom. The minimum Gasteiger partial charge on any atom is -0.501 e. The largest absolute Gasteiger partial charge is 0.501 e. The number of ether oxygens (including phenoxy) is 1. The average molecular weight is 370 g/mol. The van der Waals surface area contributed by atoms with Crippen LogP contribution in [0.25, 0.3) is 11.5 Å². The van der Waals surface area contributed by atoms with Crippen LogP contribution in [0.3, 0.4) is 0 Å². The molecule has 27 heavy (non-hydrogen) atoms. The minimum absolute atomic E-state index is 0.0928. The highest BCUT2D eigenvalue weighted by molar-refractivity contribution is 5.58. The van der Waals surface area contributed by atoms with Crippen molar-refractivity contribution < 1.29 is 14.2 Å². The molecule has 0 fully saturated rings. The topological polar surface area (TPSA) is 93.0 Å². The van der Waals surface area contributed by atoms with Crippen LogP contribution in [0.2, 0.25) is 0 Å². The second kappa shape index (κ2) is 6.31. The summed E-state index contributed by atoms with van der Waals surface area (Å²) in [6, 6.07) is 6.17. The quantitative estimate of drug-likeness (QED) is 0.738. The molecule has 2 aromatic heterocycles. The maximum atomic E-state index is 13.0. The fourth-order valence-electron chi connectivity index (χ4n) is 3.22. The Labute approximate surface area is 154 Å².